The fraction of sp³-hybridized carbons (Fsp3) is 0.571. The smallest absolute Gasteiger partial charge is 0.0921 e. The van der Waals surface area contributed by atoms with Crippen molar-refractivity contribution in [2.24, 2.45) is 0 Å². The van der Waals surface area contributed by atoms with Gasteiger partial charge in [0.05, 0.1) is 6.10 Å². The zero-order chi connectivity index (χ0) is 12.5. The van der Waals surface area contributed by atoms with Crippen LogP contribution in [-0.4, -0.2) is 30.6 Å². The van der Waals surface area contributed by atoms with E-state index in [-0.39, 0.29) is 0 Å². The standard InChI is InChI=1S/C14H23NO/c1-9-7-10(2)12(4)14(11(9)3)13(16)8-15(5)6/h7,13,16H,8H2,1-6H3. The van der Waals surface area contributed by atoms with Gasteiger partial charge in [-0.15, -0.1) is 0 Å². The first-order chi connectivity index (χ1) is 7.34. The molecule has 2 nitrogen and oxygen atoms in total. The van der Waals surface area contributed by atoms with Crippen LogP contribution >= 0.6 is 0 Å². The van der Waals surface area contributed by atoms with Gasteiger partial charge in [0.15, 0.2) is 0 Å². The van der Waals surface area contributed by atoms with E-state index in [1.807, 2.05) is 19.0 Å². The van der Waals surface area contributed by atoms with Crippen LogP contribution in [0.3, 0.4) is 0 Å². The third-order valence-electron chi connectivity index (χ3n) is 3.30. The number of aryl methyl sites for hydroxylation is 2. The maximum Gasteiger partial charge on any atom is 0.0921 e. The number of hydrogen-bond acceptors (Lipinski definition) is 2. The molecule has 0 spiro atoms. The minimum Gasteiger partial charge on any atom is -0.387 e. The van der Waals surface area contributed by atoms with E-state index < -0.39 is 6.10 Å². The second-order valence-electron chi connectivity index (χ2n) is 4.95. The molecule has 2 heteroatoms. The average Bonchev–Trinajstić information content (AvgIpc) is 2.14. The van der Waals surface area contributed by atoms with Crippen LogP contribution in [0.2, 0.25) is 0 Å². The molecule has 1 aromatic rings. The van der Waals surface area contributed by atoms with E-state index in [0.29, 0.717) is 6.54 Å². The summed E-state index contributed by atoms with van der Waals surface area (Å²) in [5.74, 6) is 0. The lowest BCUT2D eigenvalue weighted by Gasteiger charge is -2.22. The lowest BCUT2D eigenvalue weighted by atomic mass is 9.91. The van der Waals surface area contributed by atoms with Crippen molar-refractivity contribution in [3.8, 4) is 0 Å². The molecule has 0 aliphatic heterocycles. The maximum absolute atomic E-state index is 10.3. The minimum atomic E-state index is -0.395. The lowest BCUT2D eigenvalue weighted by Crippen LogP contribution is -2.21. The number of rotatable bonds is 3. The molecule has 90 valence electrons. The van der Waals surface area contributed by atoms with E-state index in [2.05, 4.69) is 33.8 Å². The normalized spacial score (nSPS) is 13.2. The summed E-state index contributed by atoms with van der Waals surface area (Å²) in [4.78, 5) is 2.02. The monoisotopic (exact) mass is 221 g/mol. The molecule has 0 aliphatic rings. The van der Waals surface area contributed by atoms with E-state index >= 15 is 0 Å². The van der Waals surface area contributed by atoms with Crippen LogP contribution in [0.4, 0.5) is 0 Å². The van der Waals surface area contributed by atoms with Gasteiger partial charge in [0.25, 0.3) is 0 Å². The molecule has 1 N–H and O–H groups in total. The fourth-order valence-corrected chi connectivity index (χ4v) is 2.18. The Labute approximate surface area is 98.9 Å². The van der Waals surface area contributed by atoms with Gasteiger partial charge in [0.2, 0.25) is 0 Å². The van der Waals surface area contributed by atoms with E-state index in [1.165, 1.54) is 22.3 Å². The summed E-state index contributed by atoms with van der Waals surface area (Å²) >= 11 is 0. The summed E-state index contributed by atoms with van der Waals surface area (Å²) in [7, 11) is 3.97. The predicted octanol–water partition coefficient (Wildman–Crippen LogP) is 2.52. The highest BCUT2D eigenvalue weighted by atomic mass is 16.3. The summed E-state index contributed by atoms with van der Waals surface area (Å²) in [5, 5.41) is 10.3. The highest BCUT2D eigenvalue weighted by Crippen LogP contribution is 2.27. The van der Waals surface area contributed by atoms with Crippen molar-refractivity contribution < 1.29 is 5.11 Å². The van der Waals surface area contributed by atoms with Gasteiger partial charge in [-0.05, 0) is 69.6 Å². The zero-order valence-corrected chi connectivity index (χ0v) is 11.3. The third-order valence-corrected chi connectivity index (χ3v) is 3.30. The van der Waals surface area contributed by atoms with Crippen LogP contribution in [0.25, 0.3) is 0 Å². The Bertz CT molecular complexity index is 357. The van der Waals surface area contributed by atoms with E-state index in [1.54, 1.807) is 0 Å². The topological polar surface area (TPSA) is 23.5 Å². The van der Waals surface area contributed by atoms with Crippen molar-refractivity contribution >= 4 is 0 Å². The van der Waals surface area contributed by atoms with Crippen LogP contribution in [0.1, 0.15) is 33.9 Å². The Morgan fingerprint density at radius 1 is 1.06 bits per heavy atom. The molecule has 0 saturated carbocycles. The summed E-state index contributed by atoms with van der Waals surface area (Å²) in [6.45, 7) is 9.07. The van der Waals surface area contributed by atoms with Crippen molar-refractivity contribution in [3.63, 3.8) is 0 Å². The van der Waals surface area contributed by atoms with Crippen molar-refractivity contribution in [2.45, 2.75) is 33.8 Å². The van der Waals surface area contributed by atoms with Crippen LogP contribution in [0, 0.1) is 27.7 Å². The molecule has 1 rings (SSSR count). The largest absolute Gasteiger partial charge is 0.387 e. The second-order valence-corrected chi connectivity index (χ2v) is 4.95. The first-order valence-corrected chi connectivity index (χ1v) is 5.74. The molecular formula is C14H23NO. The average molecular weight is 221 g/mol. The van der Waals surface area contributed by atoms with E-state index in [4.69, 9.17) is 0 Å². The van der Waals surface area contributed by atoms with E-state index in [9.17, 15) is 5.11 Å². The maximum atomic E-state index is 10.3. The minimum absolute atomic E-state index is 0.395. The number of likely N-dealkylation sites (N-methyl/N-ethyl adjacent to an activating group) is 1. The van der Waals surface area contributed by atoms with Gasteiger partial charge in [0, 0.05) is 6.54 Å². The van der Waals surface area contributed by atoms with Crippen molar-refractivity contribution in [1.82, 2.24) is 4.90 Å². The Morgan fingerprint density at radius 3 is 1.88 bits per heavy atom. The first kappa shape index (κ1) is 13.2. The van der Waals surface area contributed by atoms with Gasteiger partial charge in [-0.25, -0.2) is 0 Å². The highest BCUT2D eigenvalue weighted by molar-refractivity contribution is 5.45. The third kappa shape index (κ3) is 2.63. The molecule has 0 aromatic heterocycles. The molecule has 0 fully saturated rings. The number of aliphatic hydroxyl groups excluding tert-OH is 1. The summed E-state index contributed by atoms with van der Waals surface area (Å²) < 4.78 is 0. The fourth-order valence-electron chi connectivity index (χ4n) is 2.18. The van der Waals surface area contributed by atoms with Gasteiger partial charge in [-0.1, -0.05) is 6.07 Å². The van der Waals surface area contributed by atoms with Crippen molar-refractivity contribution in [3.05, 3.63) is 33.9 Å². The molecule has 1 atom stereocenters. The molecule has 16 heavy (non-hydrogen) atoms. The Kier molecular flexibility index (Phi) is 4.11. The van der Waals surface area contributed by atoms with Crippen molar-refractivity contribution in [2.75, 3.05) is 20.6 Å². The molecule has 0 bridgehead atoms. The summed E-state index contributed by atoms with van der Waals surface area (Å²) in [5.41, 5.74) is 6.06. The molecular weight excluding hydrogens is 198 g/mol. The van der Waals surface area contributed by atoms with Crippen molar-refractivity contribution in [1.29, 1.82) is 0 Å². The Morgan fingerprint density at radius 2 is 1.50 bits per heavy atom. The van der Waals surface area contributed by atoms with E-state index in [0.717, 1.165) is 5.56 Å². The highest BCUT2D eigenvalue weighted by Gasteiger charge is 2.16. The molecule has 1 unspecified atom stereocenters. The van der Waals surface area contributed by atoms with Crippen LogP contribution < -0.4 is 0 Å². The quantitative estimate of drug-likeness (QED) is 0.847. The molecule has 0 amide bonds. The summed E-state index contributed by atoms with van der Waals surface area (Å²) in [6, 6.07) is 2.19. The van der Waals surface area contributed by atoms with Crippen LogP contribution in [-0.2, 0) is 0 Å². The molecule has 0 radical (unpaired) electrons. The Balaban J connectivity index is 3.21. The second kappa shape index (κ2) is 4.98. The lowest BCUT2D eigenvalue weighted by molar-refractivity contribution is 0.137. The number of aliphatic hydroxyl groups is 1. The molecule has 1 aromatic carbocycles. The first-order valence-electron chi connectivity index (χ1n) is 5.74. The van der Waals surface area contributed by atoms with Crippen LogP contribution in [0.5, 0.6) is 0 Å². The summed E-state index contributed by atoms with van der Waals surface area (Å²) in [6.07, 6.45) is -0.395. The van der Waals surface area contributed by atoms with Gasteiger partial charge in [-0.3, -0.25) is 0 Å². The number of nitrogens with zero attached hydrogens (tertiary/aromatic N) is 1. The number of benzene rings is 1. The zero-order valence-electron chi connectivity index (χ0n) is 11.3. The predicted molar refractivity (Wildman–Crippen MR) is 68.9 cm³/mol. The molecule has 0 aliphatic carbocycles. The van der Waals surface area contributed by atoms with Gasteiger partial charge in [0.1, 0.15) is 0 Å². The Hall–Kier alpha value is -0.860. The molecule has 0 heterocycles. The van der Waals surface area contributed by atoms with Gasteiger partial charge >= 0.3 is 0 Å². The SMILES string of the molecule is Cc1cc(C)c(C)c(C(O)CN(C)C)c1C. The van der Waals surface area contributed by atoms with Gasteiger partial charge < -0.3 is 10.0 Å². The number of hydrogen-bond donors (Lipinski definition) is 1. The molecule has 0 saturated heterocycles. The van der Waals surface area contributed by atoms with Crippen LogP contribution in [0.15, 0.2) is 6.07 Å². The van der Waals surface area contributed by atoms with Gasteiger partial charge in [-0.2, -0.15) is 0 Å².